The van der Waals surface area contributed by atoms with Crippen LogP contribution in [0, 0.1) is 5.41 Å². The summed E-state index contributed by atoms with van der Waals surface area (Å²) < 4.78 is 1.92. The van der Waals surface area contributed by atoms with Crippen LogP contribution >= 0.6 is 11.6 Å². The third-order valence-corrected chi connectivity index (χ3v) is 4.96. The third-order valence-electron chi connectivity index (χ3n) is 4.64. The zero-order valence-electron chi connectivity index (χ0n) is 12.2. The summed E-state index contributed by atoms with van der Waals surface area (Å²) in [5.41, 5.74) is 2.76. The predicted molar refractivity (Wildman–Crippen MR) is 83.8 cm³/mol. The minimum absolute atomic E-state index is 0.595. The Labute approximate surface area is 129 Å². The van der Waals surface area contributed by atoms with Crippen LogP contribution in [-0.2, 0) is 13.0 Å². The van der Waals surface area contributed by atoms with Crippen LogP contribution in [0.4, 0.5) is 5.82 Å². The molecule has 0 radical (unpaired) electrons. The van der Waals surface area contributed by atoms with Crippen LogP contribution < -0.4 is 4.90 Å². The van der Waals surface area contributed by atoms with E-state index in [1.165, 1.54) is 12.8 Å². The van der Waals surface area contributed by atoms with Gasteiger partial charge in [-0.05, 0) is 31.4 Å². The maximum atomic E-state index is 6.35. The Morgan fingerprint density at radius 3 is 2.67 bits per heavy atom. The highest BCUT2D eigenvalue weighted by atomic mass is 35.5. The van der Waals surface area contributed by atoms with Gasteiger partial charge < -0.3 is 4.90 Å². The molecule has 2 fully saturated rings. The Balaban J connectivity index is 1.48. The number of aromatic nitrogens is 3. The summed E-state index contributed by atoms with van der Waals surface area (Å²) in [6.07, 6.45) is 5.72. The lowest BCUT2D eigenvalue weighted by Gasteiger charge is -2.41. The van der Waals surface area contributed by atoms with Crippen molar-refractivity contribution in [1.29, 1.82) is 0 Å². The number of hydrogen-bond acceptors (Lipinski definition) is 3. The van der Waals surface area contributed by atoms with Crippen LogP contribution in [0.15, 0.2) is 24.4 Å². The SMILES string of the molecule is CCc1ccn(Cc2ccc(N3CC4(CC4)C3)nc2Cl)n1. The molecule has 110 valence electrons. The molecule has 4 nitrogen and oxygen atoms in total. The predicted octanol–water partition coefficient (Wildman–Crippen LogP) is 3.14. The summed E-state index contributed by atoms with van der Waals surface area (Å²) in [5, 5.41) is 5.09. The van der Waals surface area contributed by atoms with Crippen molar-refractivity contribution in [2.75, 3.05) is 18.0 Å². The van der Waals surface area contributed by atoms with E-state index in [-0.39, 0.29) is 0 Å². The van der Waals surface area contributed by atoms with E-state index in [9.17, 15) is 0 Å². The number of rotatable bonds is 4. The second-order valence-electron chi connectivity index (χ2n) is 6.33. The monoisotopic (exact) mass is 302 g/mol. The van der Waals surface area contributed by atoms with Gasteiger partial charge in [-0.15, -0.1) is 0 Å². The fourth-order valence-corrected chi connectivity index (χ4v) is 3.23. The molecule has 1 aliphatic carbocycles. The molecule has 1 saturated carbocycles. The van der Waals surface area contributed by atoms with Crippen molar-refractivity contribution < 1.29 is 0 Å². The lowest BCUT2D eigenvalue weighted by molar-refractivity contribution is 0.384. The number of halogens is 1. The summed E-state index contributed by atoms with van der Waals surface area (Å²) >= 11 is 6.35. The number of anilines is 1. The first-order valence-electron chi connectivity index (χ1n) is 7.60. The van der Waals surface area contributed by atoms with E-state index < -0.39 is 0 Å². The first kappa shape index (κ1) is 13.1. The fraction of sp³-hybridized carbons (Fsp3) is 0.500. The molecule has 3 heterocycles. The second kappa shape index (κ2) is 4.73. The lowest BCUT2D eigenvalue weighted by Crippen LogP contribution is -2.48. The van der Waals surface area contributed by atoms with Crippen molar-refractivity contribution in [2.45, 2.75) is 32.7 Å². The van der Waals surface area contributed by atoms with Gasteiger partial charge in [0, 0.05) is 30.3 Å². The van der Waals surface area contributed by atoms with E-state index in [2.05, 4.69) is 34.0 Å². The Morgan fingerprint density at radius 1 is 1.24 bits per heavy atom. The van der Waals surface area contributed by atoms with Gasteiger partial charge in [0.25, 0.3) is 0 Å². The smallest absolute Gasteiger partial charge is 0.136 e. The summed E-state index contributed by atoms with van der Waals surface area (Å²) in [6.45, 7) is 5.08. The summed E-state index contributed by atoms with van der Waals surface area (Å²) in [4.78, 5) is 6.89. The zero-order chi connectivity index (χ0) is 14.4. The Bertz CT molecular complexity index is 667. The summed E-state index contributed by atoms with van der Waals surface area (Å²) in [6, 6.07) is 6.21. The maximum absolute atomic E-state index is 6.35. The van der Waals surface area contributed by atoms with Crippen LogP contribution in [0.3, 0.4) is 0 Å². The molecule has 2 aromatic heterocycles. The molecule has 0 N–H and O–H groups in total. The van der Waals surface area contributed by atoms with E-state index >= 15 is 0 Å². The highest BCUT2D eigenvalue weighted by Crippen LogP contribution is 2.53. The first-order chi connectivity index (χ1) is 10.2. The molecule has 2 aromatic rings. The molecule has 1 spiro atoms. The lowest BCUT2D eigenvalue weighted by atomic mass is 9.97. The molecule has 0 amide bonds. The molecule has 0 bridgehead atoms. The molecule has 0 atom stereocenters. The van der Waals surface area contributed by atoms with E-state index in [0.29, 0.717) is 17.1 Å². The van der Waals surface area contributed by atoms with Gasteiger partial charge in [-0.1, -0.05) is 24.6 Å². The summed E-state index contributed by atoms with van der Waals surface area (Å²) in [7, 11) is 0. The molecule has 4 rings (SSSR count). The average molecular weight is 303 g/mol. The minimum atomic E-state index is 0.595. The van der Waals surface area contributed by atoms with Gasteiger partial charge in [0.2, 0.25) is 0 Å². The van der Waals surface area contributed by atoms with Crippen molar-refractivity contribution in [1.82, 2.24) is 14.8 Å². The van der Waals surface area contributed by atoms with Gasteiger partial charge >= 0.3 is 0 Å². The fourth-order valence-electron chi connectivity index (χ4n) is 3.02. The number of aryl methyl sites for hydroxylation is 1. The third kappa shape index (κ3) is 2.42. The van der Waals surface area contributed by atoms with E-state index in [4.69, 9.17) is 11.6 Å². The molecule has 0 aromatic carbocycles. The molecule has 21 heavy (non-hydrogen) atoms. The highest BCUT2D eigenvalue weighted by molar-refractivity contribution is 6.30. The quantitative estimate of drug-likeness (QED) is 0.814. The van der Waals surface area contributed by atoms with E-state index in [1.807, 2.05) is 16.9 Å². The van der Waals surface area contributed by atoms with Gasteiger partial charge in [-0.2, -0.15) is 5.10 Å². The minimum Gasteiger partial charge on any atom is -0.355 e. The first-order valence-corrected chi connectivity index (χ1v) is 7.98. The van der Waals surface area contributed by atoms with Gasteiger partial charge in [0.05, 0.1) is 12.2 Å². The molecule has 1 aliphatic heterocycles. The molecule has 2 aliphatic rings. The molecular formula is C16H19ClN4. The average Bonchev–Trinajstić information content (AvgIpc) is 3.13. The highest BCUT2D eigenvalue weighted by Gasteiger charge is 2.52. The Hall–Kier alpha value is -1.55. The topological polar surface area (TPSA) is 34.0 Å². The van der Waals surface area contributed by atoms with Gasteiger partial charge in [-0.25, -0.2) is 4.98 Å². The summed E-state index contributed by atoms with van der Waals surface area (Å²) in [5.74, 6) is 1.01. The number of pyridine rings is 1. The molecule has 0 unspecified atom stereocenters. The maximum Gasteiger partial charge on any atom is 0.136 e. The normalized spacial score (nSPS) is 18.9. The Kier molecular flexibility index (Phi) is 2.96. The number of hydrogen-bond donors (Lipinski definition) is 0. The van der Waals surface area contributed by atoms with Crippen molar-refractivity contribution in [3.05, 3.63) is 40.8 Å². The molecular weight excluding hydrogens is 284 g/mol. The van der Waals surface area contributed by atoms with Gasteiger partial charge in [0.15, 0.2) is 0 Å². The van der Waals surface area contributed by atoms with Crippen LogP contribution in [0.5, 0.6) is 0 Å². The van der Waals surface area contributed by atoms with Crippen molar-refractivity contribution in [3.8, 4) is 0 Å². The van der Waals surface area contributed by atoms with Crippen LogP contribution in [0.1, 0.15) is 31.0 Å². The number of nitrogens with zero attached hydrogens (tertiary/aromatic N) is 4. The van der Waals surface area contributed by atoms with Crippen molar-refractivity contribution >= 4 is 17.4 Å². The van der Waals surface area contributed by atoms with Crippen LogP contribution in [0.25, 0.3) is 0 Å². The van der Waals surface area contributed by atoms with E-state index in [0.717, 1.165) is 36.6 Å². The zero-order valence-corrected chi connectivity index (χ0v) is 13.0. The van der Waals surface area contributed by atoms with Gasteiger partial charge in [-0.3, -0.25) is 4.68 Å². The molecule has 5 heteroatoms. The molecule has 1 saturated heterocycles. The van der Waals surface area contributed by atoms with Crippen LogP contribution in [-0.4, -0.2) is 27.9 Å². The van der Waals surface area contributed by atoms with Gasteiger partial charge in [0.1, 0.15) is 11.0 Å². The van der Waals surface area contributed by atoms with Crippen LogP contribution in [0.2, 0.25) is 5.15 Å². The standard InChI is InChI=1S/C16H19ClN4/c1-2-13-5-8-21(19-13)9-12-3-4-14(18-15(12)17)20-10-16(11-20)6-7-16/h3-5,8H,2,6-7,9-11H2,1H3. The second-order valence-corrected chi connectivity index (χ2v) is 6.69. The Morgan fingerprint density at radius 2 is 2.05 bits per heavy atom. The largest absolute Gasteiger partial charge is 0.355 e. The van der Waals surface area contributed by atoms with Crippen molar-refractivity contribution in [2.24, 2.45) is 5.41 Å². The van der Waals surface area contributed by atoms with E-state index in [1.54, 1.807) is 0 Å². The van der Waals surface area contributed by atoms with Crippen molar-refractivity contribution in [3.63, 3.8) is 0 Å².